The number of H-pyrrole nitrogens is 1. The first kappa shape index (κ1) is 14.1. The molecule has 1 aliphatic rings. The molecule has 1 aromatic rings. The van der Waals surface area contributed by atoms with E-state index in [4.69, 9.17) is 0 Å². The van der Waals surface area contributed by atoms with Crippen molar-refractivity contribution in [1.29, 1.82) is 0 Å². The molecule has 0 aliphatic heterocycles. The van der Waals surface area contributed by atoms with Crippen molar-refractivity contribution in [3.63, 3.8) is 0 Å². The van der Waals surface area contributed by atoms with E-state index < -0.39 is 0 Å². The summed E-state index contributed by atoms with van der Waals surface area (Å²) in [6, 6.07) is 2.58. The van der Waals surface area contributed by atoms with E-state index >= 15 is 0 Å². The summed E-state index contributed by atoms with van der Waals surface area (Å²) in [4.78, 5) is 14.2. The Labute approximate surface area is 114 Å². The number of nitrogens with zero attached hydrogens (tertiary/aromatic N) is 2. The Hall–Kier alpha value is -1.36. The minimum Gasteiger partial charge on any atom is -0.349 e. The molecule has 1 fully saturated rings. The van der Waals surface area contributed by atoms with Crippen molar-refractivity contribution in [2.45, 2.75) is 39.2 Å². The summed E-state index contributed by atoms with van der Waals surface area (Å²) in [5.41, 5.74) is 1.51. The summed E-state index contributed by atoms with van der Waals surface area (Å²) in [5.74, 6) is 0.471. The number of amides is 1. The molecule has 19 heavy (non-hydrogen) atoms. The zero-order valence-electron chi connectivity index (χ0n) is 12.1. The lowest BCUT2D eigenvalue weighted by Crippen LogP contribution is -2.34. The summed E-state index contributed by atoms with van der Waals surface area (Å²) < 4.78 is 0. The molecule has 106 valence electrons. The maximum Gasteiger partial charge on any atom is 0.271 e. The second-order valence-electron chi connectivity index (χ2n) is 5.84. The van der Waals surface area contributed by atoms with Crippen LogP contribution in [0.25, 0.3) is 0 Å². The molecule has 2 N–H and O–H groups in total. The van der Waals surface area contributed by atoms with Crippen LogP contribution in [0.1, 0.15) is 42.9 Å². The normalized spacial score (nSPS) is 15.2. The van der Waals surface area contributed by atoms with Crippen LogP contribution >= 0.6 is 0 Å². The maximum atomic E-state index is 11.9. The summed E-state index contributed by atoms with van der Waals surface area (Å²) >= 11 is 0. The van der Waals surface area contributed by atoms with Gasteiger partial charge in [0.1, 0.15) is 5.69 Å². The molecule has 0 radical (unpaired) electrons. The highest BCUT2D eigenvalue weighted by Gasteiger charge is 2.25. The van der Waals surface area contributed by atoms with Crippen LogP contribution in [0, 0.1) is 5.92 Å². The van der Waals surface area contributed by atoms with Crippen LogP contribution in [0.5, 0.6) is 0 Å². The molecule has 1 aliphatic carbocycles. The summed E-state index contributed by atoms with van der Waals surface area (Å²) in [7, 11) is 2.11. The second kappa shape index (κ2) is 6.19. The van der Waals surface area contributed by atoms with E-state index in [9.17, 15) is 4.79 Å². The fourth-order valence-corrected chi connectivity index (χ4v) is 2.16. The van der Waals surface area contributed by atoms with Crippen molar-refractivity contribution in [1.82, 2.24) is 20.4 Å². The molecule has 1 heterocycles. The third kappa shape index (κ3) is 4.35. The molecule has 0 spiro atoms. The number of hydrogen-bond acceptors (Lipinski definition) is 3. The van der Waals surface area contributed by atoms with Gasteiger partial charge in [-0.3, -0.25) is 9.89 Å². The van der Waals surface area contributed by atoms with Gasteiger partial charge in [0.25, 0.3) is 5.91 Å². The molecule has 0 unspecified atom stereocenters. The van der Waals surface area contributed by atoms with Gasteiger partial charge in [0.15, 0.2) is 0 Å². The zero-order chi connectivity index (χ0) is 13.8. The molecule has 2 rings (SSSR count). The molecule has 1 saturated carbocycles. The molecular weight excluding hydrogens is 240 g/mol. The highest BCUT2D eigenvalue weighted by molar-refractivity contribution is 5.92. The molecule has 1 aromatic heterocycles. The van der Waals surface area contributed by atoms with Crippen LogP contribution in [-0.4, -0.2) is 47.2 Å². The Kier molecular flexibility index (Phi) is 4.58. The van der Waals surface area contributed by atoms with Crippen LogP contribution < -0.4 is 5.32 Å². The van der Waals surface area contributed by atoms with Gasteiger partial charge in [0.2, 0.25) is 0 Å². The Morgan fingerprint density at radius 1 is 1.58 bits per heavy atom. The van der Waals surface area contributed by atoms with Crippen molar-refractivity contribution in [3.05, 3.63) is 17.5 Å². The average Bonchev–Trinajstić information content (AvgIpc) is 3.09. The van der Waals surface area contributed by atoms with Crippen LogP contribution in [0.3, 0.4) is 0 Å². The number of likely N-dealkylation sites (N-methyl/N-ethyl adjacent to an activating group) is 1. The van der Waals surface area contributed by atoms with Gasteiger partial charge in [-0.05, 0) is 38.3 Å². The molecule has 5 nitrogen and oxygen atoms in total. The van der Waals surface area contributed by atoms with E-state index in [0.29, 0.717) is 18.2 Å². The highest BCUT2D eigenvalue weighted by Crippen LogP contribution is 2.24. The molecule has 0 aromatic carbocycles. The van der Waals surface area contributed by atoms with Gasteiger partial charge in [-0.1, -0.05) is 13.8 Å². The van der Waals surface area contributed by atoms with E-state index in [0.717, 1.165) is 24.7 Å². The fourth-order valence-electron chi connectivity index (χ4n) is 2.16. The first-order chi connectivity index (χ1) is 9.06. The van der Waals surface area contributed by atoms with E-state index in [1.807, 2.05) is 6.07 Å². The van der Waals surface area contributed by atoms with Crippen LogP contribution in [-0.2, 0) is 6.42 Å². The number of hydrogen-bond donors (Lipinski definition) is 2. The third-order valence-electron chi connectivity index (χ3n) is 3.41. The lowest BCUT2D eigenvalue weighted by Gasteiger charge is -2.15. The van der Waals surface area contributed by atoms with E-state index in [-0.39, 0.29) is 5.91 Å². The number of carbonyl (C=O) groups is 1. The van der Waals surface area contributed by atoms with Crippen LogP contribution in [0.4, 0.5) is 0 Å². The van der Waals surface area contributed by atoms with Crippen LogP contribution in [0.15, 0.2) is 6.07 Å². The van der Waals surface area contributed by atoms with E-state index in [1.165, 1.54) is 12.8 Å². The number of carbonyl (C=O) groups excluding carboxylic acids is 1. The number of aromatic nitrogens is 2. The van der Waals surface area contributed by atoms with Crippen molar-refractivity contribution < 1.29 is 4.79 Å². The smallest absolute Gasteiger partial charge is 0.271 e. The monoisotopic (exact) mass is 264 g/mol. The van der Waals surface area contributed by atoms with Crippen molar-refractivity contribution in [2.24, 2.45) is 5.92 Å². The predicted octanol–water partition coefficient (Wildman–Crippen LogP) is 1.43. The quantitative estimate of drug-likeness (QED) is 0.783. The lowest BCUT2D eigenvalue weighted by atomic mass is 10.1. The van der Waals surface area contributed by atoms with Gasteiger partial charge >= 0.3 is 0 Å². The van der Waals surface area contributed by atoms with Gasteiger partial charge in [-0.25, -0.2) is 0 Å². The van der Waals surface area contributed by atoms with Gasteiger partial charge in [0, 0.05) is 24.8 Å². The first-order valence-corrected chi connectivity index (χ1v) is 7.09. The second-order valence-corrected chi connectivity index (χ2v) is 5.84. The van der Waals surface area contributed by atoms with Gasteiger partial charge < -0.3 is 10.2 Å². The zero-order valence-corrected chi connectivity index (χ0v) is 12.1. The highest BCUT2D eigenvalue weighted by atomic mass is 16.1. The summed E-state index contributed by atoms with van der Waals surface area (Å²) in [5, 5.41) is 9.90. The summed E-state index contributed by atoms with van der Waals surface area (Å²) in [6.45, 7) is 5.88. The molecule has 0 saturated heterocycles. The predicted molar refractivity (Wildman–Crippen MR) is 75.1 cm³/mol. The Balaban J connectivity index is 1.74. The average molecular weight is 264 g/mol. The number of rotatable bonds is 7. The minimum atomic E-state index is -0.0875. The minimum absolute atomic E-state index is 0.0875. The fraction of sp³-hybridized carbons (Fsp3) is 0.714. The number of aromatic amines is 1. The lowest BCUT2D eigenvalue weighted by molar-refractivity contribution is 0.0944. The SMILES string of the molecule is CC(C)Cc1cc(C(=O)NCCN(C)C2CC2)n[nH]1. The third-order valence-corrected chi connectivity index (χ3v) is 3.41. The largest absolute Gasteiger partial charge is 0.349 e. The number of nitrogens with one attached hydrogen (secondary N) is 2. The van der Waals surface area contributed by atoms with Crippen molar-refractivity contribution in [2.75, 3.05) is 20.1 Å². The maximum absolute atomic E-state index is 11.9. The topological polar surface area (TPSA) is 61.0 Å². The molecule has 1 amide bonds. The standard InChI is InChI=1S/C14H24N4O/c1-10(2)8-11-9-13(17-16-11)14(19)15-6-7-18(3)12-4-5-12/h9-10,12H,4-8H2,1-3H3,(H,15,19)(H,16,17). The Morgan fingerprint density at radius 3 is 2.95 bits per heavy atom. The van der Waals surface area contributed by atoms with Crippen LogP contribution in [0.2, 0.25) is 0 Å². The van der Waals surface area contributed by atoms with Crippen molar-refractivity contribution in [3.8, 4) is 0 Å². The van der Waals surface area contributed by atoms with Gasteiger partial charge in [-0.2, -0.15) is 5.10 Å². The molecule has 0 bridgehead atoms. The summed E-state index contributed by atoms with van der Waals surface area (Å²) in [6.07, 6.45) is 3.51. The van der Waals surface area contributed by atoms with Gasteiger partial charge in [-0.15, -0.1) is 0 Å². The van der Waals surface area contributed by atoms with Gasteiger partial charge in [0.05, 0.1) is 0 Å². The first-order valence-electron chi connectivity index (χ1n) is 7.09. The molecule has 0 atom stereocenters. The van der Waals surface area contributed by atoms with E-state index in [2.05, 4.69) is 41.3 Å². The molecule has 5 heteroatoms. The Morgan fingerprint density at radius 2 is 2.32 bits per heavy atom. The Bertz CT molecular complexity index is 423. The molecular formula is C14H24N4O. The van der Waals surface area contributed by atoms with E-state index in [1.54, 1.807) is 0 Å². The van der Waals surface area contributed by atoms with Crippen molar-refractivity contribution >= 4 is 5.91 Å².